The third-order valence-electron chi connectivity index (χ3n) is 4.96. The Morgan fingerprint density at radius 3 is 2.29 bits per heavy atom. The highest BCUT2D eigenvalue weighted by atomic mass is 15.1. The topological polar surface area (TPSA) is 15.3 Å². The minimum atomic E-state index is 0.467. The van der Waals surface area contributed by atoms with Gasteiger partial charge in [0.2, 0.25) is 0 Å². The molecular weight excluding hydrogens is 256 g/mol. The van der Waals surface area contributed by atoms with Crippen LogP contribution in [-0.2, 0) is 0 Å². The summed E-state index contributed by atoms with van der Waals surface area (Å²) in [5.74, 6) is 0. The minimum Gasteiger partial charge on any atom is -0.313 e. The second-order valence-electron chi connectivity index (χ2n) is 6.82. The Labute approximate surface area is 130 Å². The van der Waals surface area contributed by atoms with Crippen LogP contribution in [0.5, 0.6) is 0 Å². The van der Waals surface area contributed by atoms with Crippen molar-refractivity contribution in [2.45, 2.75) is 64.5 Å². The molecular formula is C19H32N2. The molecule has 0 saturated heterocycles. The Morgan fingerprint density at radius 1 is 1.10 bits per heavy atom. The Morgan fingerprint density at radius 2 is 1.71 bits per heavy atom. The van der Waals surface area contributed by atoms with Crippen LogP contribution >= 0.6 is 0 Å². The number of hydrogen-bond donors (Lipinski definition) is 1. The molecule has 1 N–H and O–H groups in total. The van der Waals surface area contributed by atoms with Crippen molar-refractivity contribution in [2.24, 2.45) is 0 Å². The van der Waals surface area contributed by atoms with E-state index >= 15 is 0 Å². The highest BCUT2D eigenvalue weighted by Gasteiger charge is 2.19. The number of nitrogens with zero attached hydrogens (tertiary/aromatic N) is 1. The first-order valence-electron chi connectivity index (χ1n) is 8.56. The van der Waals surface area contributed by atoms with Gasteiger partial charge in [0.1, 0.15) is 0 Å². The van der Waals surface area contributed by atoms with Gasteiger partial charge in [-0.15, -0.1) is 0 Å². The van der Waals surface area contributed by atoms with Crippen LogP contribution in [0.25, 0.3) is 0 Å². The van der Waals surface area contributed by atoms with Crippen LogP contribution < -0.4 is 5.32 Å². The zero-order valence-electron chi connectivity index (χ0n) is 14.3. The molecule has 0 aromatic heterocycles. The number of benzene rings is 1. The molecule has 0 heterocycles. The molecule has 1 atom stereocenters. The molecule has 0 bridgehead atoms. The molecule has 118 valence electrons. The highest BCUT2D eigenvalue weighted by Crippen LogP contribution is 2.24. The van der Waals surface area contributed by atoms with Crippen molar-refractivity contribution in [3.8, 4) is 0 Å². The van der Waals surface area contributed by atoms with E-state index in [1.54, 1.807) is 0 Å². The average Bonchev–Trinajstić information content (AvgIpc) is 2.47. The summed E-state index contributed by atoms with van der Waals surface area (Å²) in [5, 5.41) is 3.50. The molecule has 1 saturated carbocycles. The molecule has 1 aromatic carbocycles. The average molecular weight is 288 g/mol. The first-order valence-corrected chi connectivity index (χ1v) is 8.56. The van der Waals surface area contributed by atoms with Crippen LogP contribution in [0.2, 0.25) is 0 Å². The zero-order chi connectivity index (χ0) is 15.2. The molecule has 1 unspecified atom stereocenters. The molecule has 0 aliphatic heterocycles. The van der Waals surface area contributed by atoms with E-state index in [9.17, 15) is 0 Å². The fourth-order valence-corrected chi connectivity index (χ4v) is 3.73. The van der Waals surface area contributed by atoms with E-state index in [1.165, 1.54) is 61.8 Å². The summed E-state index contributed by atoms with van der Waals surface area (Å²) in [7, 11) is 4.40. The summed E-state index contributed by atoms with van der Waals surface area (Å²) in [4.78, 5) is 2.59. The zero-order valence-corrected chi connectivity index (χ0v) is 14.3. The second-order valence-corrected chi connectivity index (χ2v) is 6.82. The summed E-state index contributed by atoms with van der Waals surface area (Å²) in [6.07, 6.45) is 8.25. The van der Waals surface area contributed by atoms with E-state index in [2.05, 4.69) is 56.4 Å². The predicted molar refractivity (Wildman–Crippen MR) is 91.8 cm³/mol. The maximum Gasteiger partial charge on any atom is 0.0329 e. The van der Waals surface area contributed by atoms with Crippen LogP contribution in [0.1, 0.15) is 61.3 Å². The molecule has 1 fully saturated rings. The van der Waals surface area contributed by atoms with Gasteiger partial charge in [-0.05, 0) is 59.3 Å². The standard InChI is InChI=1S/C19H32N2/c1-15-12-16(2)14-17(13-15)19(20-3)10-11-21(4)18-8-6-5-7-9-18/h12-14,18-20H,5-11H2,1-4H3. The van der Waals surface area contributed by atoms with Crippen molar-refractivity contribution >= 4 is 0 Å². The molecule has 0 radical (unpaired) electrons. The second kappa shape index (κ2) is 7.95. The van der Waals surface area contributed by atoms with Crippen LogP contribution in [0.15, 0.2) is 18.2 Å². The van der Waals surface area contributed by atoms with Gasteiger partial charge in [-0.25, -0.2) is 0 Å². The van der Waals surface area contributed by atoms with Crippen molar-refractivity contribution in [1.82, 2.24) is 10.2 Å². The van der Waals surface area contributed by atoms with Gasteiger partial charge in [0.15, 0.2) is 0 Å². The largest absolute Gasteiger partial charge is 0.313 e. The fraction of sp³-hybridized carbons (Fsp3) is 0.684. The lowest BCUT2D eigenvalue weighted by atomic mass is 9.94. The van der Waals surface area contributed by atoms with Crippen LogP contribution in [0, 0.1) is 13.8 Å². The molecule has 0 spiro atoms. The predicted octanol–water partition coefficient (Wildman–Crippen LogP) is 4.22. The molecule has 2 rings (SSSR count). The van der Waals surface area contributed by atoms with Gasteiger partial charge in [0.05, 0.1) is 0 Å². The summed E-state index contributed by atoms with van der Waals surface area (Å²) >= 11 is 0. The monoisotopic (exact) mass is 288 g/mol. The normalized spacial score (nSPS) is 18.1. The fourth-order valence-electron chi connectivity index (χ4n) is 3.73. The van der Waals surface area contributed by atoms with Crippen molar-refractivity contribution in [1.29, 1.82) is 0 Å². The number of aryl methyl sites for hydroxylation is 2. The van der Waals surface area contributed by atoms with E-state index in [1.807, 2.05) is 0 Å². The maximum atomic E-state index is 3.50. The first kappa shape index (κ1) is 16.5. The molecule has 2 nitrogen and oxygen atoms in total. The van der Waals surface area contributed by atoms with Gasteiger partial charge in [0.25, 0.3) is 0 Å². The lowest BCUT2D eigenvalue weighted by molar-refractivity contribution is 0.184. The van der Waals surface area contributed by atoms with E-state index in [0.717, 1.165) is 6.04 Å². The van der Waals surface area contributed by atoms with E-state index < -0.39 is 0 Å². The number of hydrogen-bond acceptors (Lipinski definition) is 2. The van der Waals surface area contributed by atoms with Gasteiger partial charge in [0, 0.05) is 12.1 Å². The number of nitrogens with one attached hydrogen (secondary N) is 1. The highest BCUT2D eigenvalue weighted by molar-refractivity contribution is 5.30. The quantitative estimate of drug-likeness (QED) is 0.843. The van der Waals surface area contributed by atoms with Crippen molar-refractivity contribution in [3.05, 3.63) is 34.9 Å². The van der Waals surface area contributed by atoms with E-state index in [4.69, 9.17) is 0 Å². The van der Waals surface area contributed by atoms with Crippen molar-refractivity contribution in [2.75, 3.05) is 20.6 Å². The van der Waals surface area contributed by atoms with Gasteiger partial charge in [-0.2, -0.15) is 0 Å². The Hall–Kier alpha value is -0.860. The van der Waals surface area contributed by atoms with E-state index in [0.29, 0.717) is 6.04 Å². The van der Waals surface area contributed by atoms with Crippen LogP contribution in [-0.4, -0.2) is 31.6 Å². The molecule has 1 aromatic rings. The molecule has 0 amide bonds. The van der Waals surface area contributed by atoms with Crippen molar-refractivity contribution < 1.29 is 0 Å². The summed E-state index contributed by atoms with van der Waals surface area (Å²) in [6.45, 7) is 5.57. The van der Waals surface area contributed by atoms with E-state index in [-0.39, 0.29) is 0 Å². The third-order valence-corrected chi connectivity index (χ3v) is 4.96. The van der Waals surface area contributed by atoms with Gasteiger partial charge >= 0.3 is 0 Å². The summed E-state index contributed by atoms with van der Waals surface area (Å²) in [5.41, 5.74) is 4.17. The van der Waals surface area contributed by atoms with Gasteiger partial charge in [-0.3, -0.25) is 0 Å². The molecule has 21 heavy (non-hydrogen) atoms. The minimum absolute atomic E-state index is 0.467. The smallest absolute Gasteiger partial charge is 0.0329 e. The Bertz CT molecular complexity index is 415. The molecule has 1 aliphatic rings. The number of rotatable bonds is 6. The van der Waals surface area contributed by atoms with Gasteiger partial charge in [-0.1, -0.05) is 48.6 Å². The molecule has 2 heteroatoms. The van der Waals surface area contributed by atoms with Crippen LogP contribution in [0.4, 0.5) is 0 Å². The van der Waals surface area contributed by atoms with Gasteiger partial charge < -0.3 is 10.2 Å². The summed E-state index contributed by atoms with van der Waals surface area (Å²) in [6, 6.07) is 8.19. The lowest BCUT2D eigenvalue weighted by Gasteiger charge is -2.32. The Balaban J connectivity index is 1.92. The molecule has 1 aliphatic carbocycles. The maximum absolute atomic E-state index is 3.50. The van der Waals surface area contributed by atoms with Crippen LogP contribution in [0.3, 0.4) is 0 Å². The first-order chi connectivity index (χ1) is 10.1. The summed E-state index contributed by atoms with van der Waals surface area (Å²) < 4.78 is 0. The van der Waals surface area contributed by atoms with Crippen molar-refractivity contribution in [3.63, 3.8) is 0 Å². The third kappa shape index (κ3) is 4.82. The Kier molecular flexibility index (Phi) is 6.25. The lowest BCUT2D eigenvalue weighted by Crippen LogP contribution is -2.35. The SMILES string of the molecule is CNC(CCN(C)C1CCCCC1)c1cc(C)cc(C)c1.